The number of nitrogens with zero attached hydrogens (tertiary/aromatic N) is 5. The van der Waals surface area contributed by atoms with Gasteiger partial charge in [-0.05, 0) is 48.7 Å². The Bertz CT molecular complexity index is 1550. The number of ether oxygens (including phenoxy) is 2. The van der Waals surface area contributed by atoms with Gasteiger partial charge in [0.25, 0.3) is 0 Å². The first-order valence-electron chi connectivity index (χ1n) is 11.8. The van der Waals surface area contributed by atoms with Gasteiger partial charge in [0, 0.05) is 29.8 Å². The van der Waals surface area contributed by atoms with Crippen molar-refractivity contribution in [3.8, 4) is 5.75 Å². The topological polar surface area (TPSA) is 81.8 Å². The number of fused-ring (bicyclic) bond motifs is 3. The van der Waals surface area contributed by atoms with Gasteiger partial charge in [-0.15, -0.1) is 0 Å². The SMILES string of the molecule is Fc1cccc(Cn2ncc3cc(Nc4ncnn5ccc(OC6CCC7O[C@@H]7C6)c45)ccc32)c1. The van der Waals surface area contributed by atoms with Crippen LogP contribution >= 0.6 is 0 Å². The van der Waals surface area contributed by atoms with E-state index in [4.69, 9.17) is 9.47 Å². The van der Waals surface area contributed by atoms with E-state index in [0.29, 0.717) is 24.6 Å². The monoisotopic (exact) mass is 470 g/mol. The summed E-state index contributed by atoms with van der Waals surface area (Å²) in [4.78, 5) is 4.50. The molecule has 0 radical (unpaired) electrons. The van der Waals surface area contributed by atoms with Crippen LogP contribution in [0.3, 0.4) is 0 Å². The van der Waals surface area contributed by atoms with Gasteiger partial charge in [-0.2, -0.15) is 10.2 Å². The molecule has 176 valence electrons. The van der Waals surface area contributed by atoms with Crippen LogP contribution in [0.1, 0.15) is 24.8 Å². The molecule has 1 aliphatic heterocycles. The fraction of sp³-hybridized carbons (Fsp3) is 0.269. The highest BCUT2D eigenvalue weighted by molar-refractivity contribution is 5.86. The van der Waals surface area contributed by atoms with E-state index in [2.05, 4.69) is 20.5 Å². The number of benzene rings is 2. The first-order valence-corrected chi connectivity index (χ1v) is 11.8. The molecule has 2 aliphatic rings. The zero-order valence-corrected chi connectivity index (χ0v) is 18.8. The molecular weight excluding hydrogens is 447 g/mol. The third kappa shape index (κ3) is 3.87. The first-order chi connectivity index (χ1) is 17.2. The Morgan fingerprint density at radius 2 is 2.06 bits per heavy atom. The summed E-state index contributed by atoms with van der Waals surface area (Å²) in [5, 5.41) is 13.2. The molecule has 1 saturated heterocycles. The van der Waals surface area contributed by atoms with Crippen LogP contribution in [-0.4, -0.2) is 42.7 Å². The van der Waals surface area contributed by atoms with Crippen LogP contribution in [0.4, 0.5) is 15.9 Å². The highest BCUT2D eigenvalue weighted by Crippen LogP contribution is 2.39. The van der Waals surface area contributed by atoms with Crippen molar-refractivity contribution in [2.75, 3.05) is 5.32 Å². The van der Waals surface area contributed by atoms with E-state index in [9.17, 15) is 4.39 Å². The smallest absolute Gasteiger partial charge is 0.162 e. The summed E-state index contributed by atoms with van der Waals surface area (Å²) in [6, 6.07) is 14.5. The fourth-order valence-corrected chi connectivity index (χ4v) is 5.00. The Hall–Kier alpha value is -3.98. The van der Waals surface area contributed by atoms with Crippen molar-refractivity contribution < 1.29 is 13.9 Å². The molecule has 8 nitrogen and oxygen atoms in total. The lowest BCUT2D eigenvalue weighted by molar-refractivity contribution is 0.166. The Morgan fingerprint density at radius 1 is 1.09 bits per heavy atom. The molecule has 9 heteroatoms. The van der Waals surface area contributed by atoms with Crippen LogP contribution in [0.5, 0.6) is 5.75 Å². The number of aromatic nitrogens is 5. The minimum Gasteiger partial charge on any atom is -0.488 e. The molecule has 1 N–H and O–H groups in total. The highest BCUT2D eigenvalue weighted by Gasteiger charge is 2.44. The van der Waals surface area contributed by atoms with Crippen molar-refractivity contribution in [3.05, 3.63) is 78.6 Å². The number of hydrogen-bond donors (Lipinski definition) is 1. The third-order valence-corrected chi connectivity index (χ3v) is 6.79. The molecule has 1 saturated carbocycles. The Balaban J connectivity index is 1.15. The van der Waals surface area contributed by atoms with Crippen molar-refractivity contribution in [2.45, 2.75) is 44.1 Å². The third-order valence-electron chi connectivity index (χ3n) is 6.79. The highest BCUT2D eigenvalue weighted by atomic mass is 19.1. The van der Waals surface area contributed by atoms with Gasteiger partial charge in [-0.3, -0.25) is 4.68 Å². The second-order valence-electron chi connectivity index (χ2n) is 9.18. The maximum absolute atomic E-state index is 13.6. The lowest BCUT2D eigenvalue weighted by atomic mass is 9.98. The second kappa shape index (κ2) is 8.06. The molecule has 35 heavy (non-hydrogen) atoms. The Morgan fingerprint density at radius 3 is 2.97 bits per heavy atom. The maximum atomic E-state index is 13.6. The van der Waals surface area contributed by atoms with E-state index in [1.54, 1.807) is 10.6 Å². The van der Waals surface area contributed by atoms with Gasteiger partial charge in [0.2, 0.25) is 0 Å². The molecule has 0 spiro atoms. The van der Waals surface area contributed by atoms with Gasteiger partial charge in [0.05, 0.1) is 30.5 Å². The van der Waals surface area contributed by atoms with Gasteiger partial charge < -0.3 is 14.8 Å². The van der Waals surface area contributed by atoms with E-state index in [1.165, 1.54) is 18.5 Å². The molecule has 7 rings (SSSR count). The molecule has 3 atom stereocenters. The van der Waals surface area contributed by atoms with Crippen LogP contribution in [-0.2, 0) is 11.3 Å². The molecule has 4 heterocycles. The molecule has 2 fully saturated rings. The van der Waals surface area contributed by atoms with Gasteiger partial charge >= 0.3 is 0 Å². The summed E-state index contributed by atoms with van der Waals surface area (Å²) in [5.74, 6) is 1.19. The fourth-order valence-electron chi connectivity index (χ4n) is 5.00. The Kier molecular flexibility index (Phi) is 4.70. The van der Waals surface area contributed by atoms with E-state index >= 15 is 0 Å². The lowest BCUT2D eigenvalue weighted by Gasteiger charge is -2.20. The van der Waals surface area contributed by atoms with Crippen LogP contribution in [0.25, 0.3) is 16.4 Å². The second-order valence-corrected chi connectivity index (χ2v) is 9.18. The number of nitrogens with one attached hydrogen (secondary N) is 1. The van der Waals surface area contributed by atoms with Crippen molar-refractivity contribution in [1.82, 2.24) is 24.4 Å². The molecule has 3 aromatic heterocycles. The molecule has 2 aromatic carbocycles. The number of anilines is 2. The molecule has 1 aliphatic carbocycles. The van der Waals surface area contributed by atoms with Crippen LogP contribution in [0, 0.1) is 5.82 Å². The number of rotatable bonds is 6. The molecular formula is C26H23FN6O2. The van der Waals surface area contributed by atoms with Crippen molar-refractivity contribution >= 4 is 27.9 Å². The Labute approximate surface area is 200 Å². The average molecular weight is 471 g/mol. The summed E-state index contributed by atoms with van der Waals surface area (Å²) >= 11 is 0. The predicted octanol–water partition coefficient (Wildman–Crippen LogP) is 4.71. The van der Waals surface area contributed by atoms with Gasteiger partial charge in [0.1, 0.15) is 23.8 Å². The molecule has 2 unspecified atom stereocenters. The minimum atomic E-state index is -0.246. The zero-order chi connectivity index (χ0) is 23.4. The maximum Gasteiger partial charge on any atom is 0.162 e. The summed E-state index contributed by atoms with van der Waals surface area (Å²) in [6.07, 6.45) is 9.12. The van der Waals surface area contributed by atoms with E-state index < -0.39 is 0 Å². The normalized spacial score (nSPS) is 21.2. The summed E-state index contributed by atoms with van der Waals surface area (Å²) < 4.78 is 29.2. The van der Waals surface area contributed by atoms with E-state index in [0.717, 1.165) is 52.7 Å². The van der Waals surface area contributed by atoms with Crippen LogP contribution < -0.4 is 10.1 Å². The number of epoxide rings is 1. The van der Waals surface area contributed by atoms with Gasteiger partial charge in [0.15, 0.2) is 11.6 Å². The molecule has 0 bridgehead atoms. The summed E-state index contributed by atoms with van der Waals surface area (Å²) in [7, 11) is 0. The standard InChI is InChI=1S/C26H23FN6O2/c27-18-3-1-2-16(10-18)14-33-21-6-4-19(11-17(21)13-29-33)31-26-25-23(8-9-32(25)30-15-28-26)34-20-5-7-22-24(12-20)35-22/h1-4,6,8-11,13,15,20,22,24H,5,7,12,14H2,(H,28,30,31)/t20?,22?,24-/m1/s1. The van der Waals surface area contributed by atoms with Crippen LogP contribution in [0.15, 0.2) is 67.3 Å². The van der Waals surface area contributed by atoms with E-state index in [-0.39, 0.29) is 11.9 Å². The largest absolute Gasteiger partial charge is 0.488 e. The molecule has 0 amide bonds. The number of hydrogen-bond acceptors (Lipinski definition) is 6. The van der Waals surface area contributed by atoms with Gasteiger partial charge in [-0.1, -0.05) is 12.1 Å². The molecule has 5 aromatic rings. The lowest BCUT2D eigenvalue weighted by Crippen LogP contribution is -2.24. The van der Waals surface area contributed by atoms with Crippen molar-refractivity contribution in [2.24, 2.45) is 0 Å². The van der Waals surface area contributed by atoms with Crippen LogP contribution in [0.2, 0.25) is 0 Å². The summed E-state index contributed by atoms with van der Waals surface area (Å²) in [5.41, 5.74) is 3.51. The predicted molar refractivity (Wildman–Crippen MR) is 128 cm³/mol. The number of halogens is 1. The quantitative estimate of drug-likeness (QED) is 0.362. The first kappa shape index (κ1) is 20.4. The summed E-state index contributed by atoms with van der Waals surface area (Å²) in [6.45, 7) is 0.499. The zero-order valence-electron chi connectivity index (χ0n) is 18.8. The van der Waals surface area contributed by atoms with E-state index in [1.807, 2.05) is 47.4 Å². The average Bonchev–Trinajstić information content (AvgIpc) is 3.36. The van der Waals surface area contributed by atoms with Crippen molar-refractivity contribution in [3.63, 3.8) is 0 Å². The minimum absolute atomic E-state index is 0.137. The van der Waals surface area contributed by atoms with Gasteiger partial charge in [-0.25, -0.2) is 13.9 Å². The van der Waals surface area contributed by atoms with Crippen molar-refractivity contribution in [1.29, 1.82) is 0 Å².